The largest absolute Gasteiger partial charge is 0.489 e. The zero-order valence-corrected chi connectivity index (χ0v) is 15.7. The highest BCUT2D eigenvalue weighted by Crippen LogP contribution is 2.41. The average molecular weight is 360 g/mol. The van der Waals surface area contributed by atoms with Crippen molar-refractivity contribution in [2.24, 2.45) is 5.41 Å². The molecule has 0 aromatic heterocycles. The molecule has 0 atom stereocenters. The summed E-state index contributed by atoms with van der Waals surface area (Å²) in [7, 11) is 0. The van der Waals surface area contributed by atoms with E-state index in [1.54, 1.807) is 0 Å². The van der Waals surface area contributed by atoms with Gasteiger partial charge in [0.25, 0.3) is 0 Å². The number of ether oxygens (including phenoxy) is 2. The summed E-state index contributed by atoms with van der Waals surface area (Å²) in [4.78, 5) is 0. The minimum absolute atomic E-state index is 0.0612. The van der Waals surface area contributed by atoms with E-state index >= 15 is 0 Å². The smallest absolute Gasteiger partial charge is 0.161 e. The van der Waals surface area contributed by atoms with Crippen LogP contribution in [0.25, 0.3) is 0 Å². The fourth-order valence-electron chi connectivity index (χ4n) is 3.41. The van der Waals surface area contributed by atoms with Crippen LogP contribution in [0.2, 0.25) is 0 Å². The lowest BCUT2D eigenvalue weighted by Gasteiger charge is -2.30. The topological polar surface area (TPSA) is 38.7 Å². The molecule has 3 aromatic carbocycles. The Bertz CT molecular complexity index is 877. The Balaban J connectivity index is 1.84. The summed E-state index contributed by atoms with van der Waals surface area (Å²) in [5, 5.41) is 11.9. The molecule has 0 saturated carbocycles. The number of hydrogen-bond acceptors (Lipinski definition) is 3. The molecule has 0 spiro atoms. The minimum atomic E-state index is -1.28. The molecule has 3 heteroatoms. The lowest BCUT2D eigenvalue weighted by molar-refractivity contribution is 0.125. The Morgan fingerprint density at radius 3 is 1.78 bits per heavy atom. The van der Waals surface area contributed by atoms with Crippen LogP contribution in [0.1, 0.15) is 30.5 Å². The van der Waals surface area contributed by atoms with E-state index in [4.69, 9.17) is 9.47 Å². The maximum Gasteiger partial charge on any atom is 0.161 e. The molecule has 0 unspecified atom stereocenters. The highest BCUT2D eigenvalue weighted by Gasteiger charge is 2.35. The normalized spacial score (nSPS) is 15.8. The van der Waals surface area contributed by atoms with Crippen molar-refractivity contribution in [1.82, 2.24) is 0 Å². The molecule has 1 heterocycles. The highest BCUT2D eigenvalue weighted by molar-refractivity contribution is 5.52. The van der Waals surface area contributed by atoms with Crippen LogP contribution >= 0.6 is 0 Å². The van der Waals surface area contributed by atoms with Crippen molar-refractivity contribution in [2.45, 2.75) is 19.4 Å². The van der Waals surface area contributed by atoms with Crippen molar-refractivity contribution < 1.29 is 14.6 Å². The van der Waals surface area contributed by atoms with Crippen molar-refractivity contribution in [1.29, 1.82) is 0 Å². The Labute approximate surface area is 160 Å². The van der Waals surface area contributed by atoms with Gasteiger partial charge in [-0.2, -0.15) is 0 Å². The third-order valence-corrected chi connectivity index (χ3v) is 4.98. The van der Waals surface area contributed by atoms with Gasteiger partial charge in [-0.25, -0.2) is 0 Å². The molecule has 138 valence electrons. The Morgan fingerprint density at radius 1 is 0.704 bits per heavy atom. The molecule has 0 amide bonds. The highest BCUT2D eigenvalue weighted by atomic mass is 16.5. The number of aliphatic hydroxyl groups is 1. The van der Waals surface area contributed by atoms with E-state index in [-0.39, 0.29) is 5.41 Å². The molecule has 0 bridgehead atoms. The van der Waals surface area contributed by atoms with Gasteiger partial charge in [-0.3, -0.25) is 0 Å². The second-order valence-electron chi connectivity index (χ2n) is 7.85. The van der Waals surface area contributed by atoms with E-state index in [1.807, 2.05) is 78.9 Å². The quantitative estimate of drug-likeness (QED) is 0.684. The van der Waals surface area contributed by atoms with Gasteiger partial charge in [0.1, 0.15) is 5.60 Å². The van der Waals surface area contributed by atoms with Crippen molar-refractivity contribution in [2.75, 3.05) is 13.2 Å². The van der Waals surface area contributed by atoms with Crippen LogP contribution in [-0.4, -0.2) is 18.3 Å². The molecule has 0 saturated heterocycles. The van der Waals surface area contributed by atoms with Crippen LogP contribution in [0.15, 0.2) is 78.9 Å². The van der Waals surface area contributed by atoms with Crippen LogP contribution < -0.4 is 9.47 Å². The molecule has 3 aromatic rings. The average Bonchev–Trinajstić information content (AvgIpc) is 2.87. The summed E-state index contributed by atoms with van der Waals surface area (Å²) in [6.07, 6.45) is 0. The first-order chi connectivity index (χ1) is 13.0. The van der Waals surface area contributed by atoms with Crippen LogP contribution in [-0.2, 0) is 5.60 Å². The summed E-state index contributed by atoms with van der Waals surface area (Å²) in [5.74, 6) is 1.39. The minimum Gasteiger partial charge on any atom is -0.489 e. The van der Waals surface area contributed by atoms with Crippen molar-refractivity contribution in [3.8, 4) is 11.5 Å². The standard InChI is InChI=1S/C24H24O3/c1-23(2)16-26-21-14-13-20(15-22(21)27-17-23)24(25,18-9-5-3-6-10-18)19-11-7-4-8-12-19/h3-15,25H,16-17H2,1-2H3. The summed E-state index contributed by atoms with van der Waals surface area (Å²) < 4.78 is 12.0. The Kier molecular flexibility index (Phi) is 4.40. The van der Waals surface area contributed by atoms with Gasteiger partial charge < -0.3 is 14.6 Å². The van der Waals surface area contributed by atoms with E-state index in [2.05, 4.69) is 13.8 Å². The molecule has 27 heavy (non-hydrogen) atoms. The fourth-order valence-corrected chi connectivity index (χ4v) is 3.41. The third kappa shape index (κ3) is 3.31. The number of benzene rings is 3. The van der Waals surface area contributed by atoms with Crippen LogP contribution in [0.3, 0.4) is 0 Å². The number of rotatable bonds is 3. The van der Waals surface area contributed by atoms with Gasteiger partial charge in [-0.05, 0) is 28.8 Å². The second kappa shape index (κ2) is 6.75. The lowest BCUT2D eigenvalue weighted by atomic mass is 9.80. The van der Waals surface area contributed by atoms with Crippen LogP contribution in [0, 0.1) is 5.41 Å². The molecule has 0 fully saturated rings. The van der Waals surface area contributed by atoms with Gasteiger partial charge in [0.05, 0.1) is 13.2 Å². The monoisotopic (exact) mass is 360 g/mol. The molecule has 1 N–H and O–H groups in total. The van der Waals surface area contributed by atoms with Crippen LogP contribution in [0.4, 0.5) is 0 Å². The zero-order valence-electron chi connectivity index (χ0n) is 15.7. The van der Waals surface area contributed by atoms with Gasteiger partial charge in [0, 0.05) is 5.41 Å². The second-order valence-corrected chi connectivity index (χ2v) is 7.85. The summed E-state index contributed by atoms with van der Waals surface area (Å²) in [5.41, 5.74) is 1.04. The van der Waals surface area contributed by atoms with Crippen LogP contribution in [0.5, 0.6) is 11.5 Å². The van der Waals surface area contributed by atoms with Gasteiger partial charge in [0.15, 0.2) is 11.5 Å². The molecule has 1 aliphatic rings. The summed E-state index contributed by atoms with van der Waals surface area (Å²) in [6.45, 7) is 5.40. The van der Waals surface area contributed by atoms with E-state index in [0.29, 0.717) is 24.7 Å². The molecule has 1 aliphatic heterocycles. The van der Waals surface area contributed by atoms with Gasteiger partial charge in [-0.15, -0.1) is 0 Å². The number of hydrogen-bond donors (Lipinski definition) is 1. The maximum atomic E-state index is 11.9. The fraction of sp³-hybridized carbons (Fsp3) is 0.250. The number of fused-ring (bicyclic) bond motifs is 1. The van der Waals surface area contributed by atoms with E-state index in [9.17, 15) is 5.11 Å². The van der Waals surface area contributed by atoms with E-state index in [0.717, 1.165) is 16.7 Å². The maximum absolute atomic E-state index is 11.9. The lowest BCUT2D eigenvalue weighted by Crippen LogP contribution is -2.28. The first-order valence-electron chi connectivity index (χ1n) is 9.23. The molecule has 0 radical (unpaired) electrons. The molecule has 0 aliphatic carbocycles. The first-order valence-corrected chi connectivity index (χ1v) is 9.23. The Morgan fingerprint density at radius 2 is 1.22 bits per heavy atom. The SMILES string of the molecule is CC1(C)COc2ccc(C(O)(c3ccccc3)c3ccccc3)cc2OC1. The molecular weight excluding hydrogens is 336 g/mol. The van der Waals surface area contributed by atoms with Gasteiger partial charge in [-0.1, -0.05) is 80.6 Å². The molecular formula is C24H24O3. The van der Waals surface area contributed by atoms with Crippen molar-refractivity contribution >= 4 is 0 Å². The zero-order chi connectivity index (χ0) is 18.9. The molecule has 3 nitrogen and oxygen atoms in total. The van der Waals surface area contributed by atoms with Gasteiger partial charge in [0.2, 0.25) is 0 Å². The predicted octanol–water partition coefficient (Wildman–Crippen LogP) is 4.77. The van der Waals surface area contributed by atoms with E-state index in [1.165, 1.54) is 0 Å². The van der Waals surface area contributed by atoms with Crippen molar-refractivity contribution in [3.63, 3.8) is 0 Å². The Hall–Kier alpha value is -2.78. The third-order valence-electron chi connectivity index (χ3n) is 4.98. The summed E-state index contributed by atoms with van der Waals surface area (Å²) in [6, 6.07) is 25.1. The summed E-state index contributed by atoms with van der Waals surface area (Å²) >= 11 is 0. The van der Waals surface area contributed by atoms with Gasteiger partial charge >= 0.3 is 0 Å². The predicted molar refractivity (Wildman–Crippen MR) is 106 cm³/mol. The molecule has 4 rings (SSSR count). The van der Waals surface area contributed by atoms with Crippen molar-refractivity contribution in [3.05, 3.63) is 95.6 Å². The van der Waals surface area contributed by atoms with E-state index < -0.39 is 5.60 Å². The first kappa shape index (κ1) is 17.6.